The molecule has 0 atom stereocenters. The van der Waals surface area contributed by atoms with Crippen LogP contribution in [0.4, 0.5) is 0 Å². The number of rotatable bonds is 2. The average Bonchev–Trinajstić information content (AvgIpc) is 2.74. The standard InChI is InChI=1S/C17H20BrNO3/c1-10-3-4-11(18)9-13(10)14-15(20)17(19-16(14)21)7-5-12(22-2)6-8-17/h3-4,9,12,20H,5-8H2,1-2H3,(H,19,21)/t12-,17-. The van der Waals surface area contributed by atoms with Crippen molar-refractivity contribution in [3.8, 4) is 0 Å². The molecule has 1 spiro atoms. The van der Waals surface area contributed by atoms with E-state index in [4.69, 9.17) is 4.74 Å². The summed E-state index contributed by atoms with van der Waals surface area (Å²) in [5, 5.41) is 13.8. The highest BCUT2D eigenvalue weighted by Gasteiger charge is 2.48. The largest absolute Gasteiger partial charge is 0.509 e. The molecule has 1 aromatic rings. The molecule has 1 fully saturated rings. The van der Waals surface area contributed by atoms with Crippen LogP contribution in [0, 0.1) is 6.92 Å². The van der Waals surface area contributed by atoms with Gasteiger partial charge in [0.1, 0.15) is 5.76 Å². The molecule has 2 N–H and O–H groups in total. The van der Waals surface area contributed by atoms with Crippen molar-refractivity contribution in [3.63, 3.8) is 0 Å². The monoisotopic (exact) mass is 365 g/mol. The summed E-state index contributed by atoms with van der Waals surface area (Å²) in [6.07, 6.45) is 3.31. The van der Waals surface area contributed by atoms with Crippen LogP contribution in [0.1, 0.15) is 36.8 Å². The average molecular weight is 366 g/mol. The second-order valence-corrected chi connectivity index (χ2v) is 7.07. The second-order valence-electron chi connectivity index (χ2n) is 6.15. The summed E-state index contributed by atoms with van der Waals surface area (Å²) in [6.45, 7) is 1.95. The van der Waals surface area contributed by atoms with Crippen molar-refractivity contribution in [1.82, 2.24) is 5.32 Å². The van der Waals surface area contributed by atoms with E-state index >= 15 is 0 Å². The van der Waals surface area contributed by atoms with Gasteiger partial charge >= 0.3 is 0 Å². The Morgan fingerprint density at radius 1 is 1.36 bits per heavy atom. The van der Waals surface area contributed by atoms with E-state index in [9.17, 15) is 9.90 Å². The number of carbonyl (C=O) groups is 1. The van der Waals surface area contributed by atoms with E-state index in [0.717, 1.165) is 28.4 Å². The van der Waals surface area contributed by atoms with Crippen molar-refractivity contribution >= 4 is 27.4 Å². The quantitative estimate of drug-likeness (QED) is 0.843. The Labute approximate surface area is 138 Å². The van der Waals surface area contributed by atoms with E-state index in [-0.39, 0.29) is 17.8 Å². The van der Waals surface area contributed by atoms with Crippen molar-refractivity contribution in [2.75, 3.05) is 7.11 Å². The molecule has 0 saturated heterocycles. The lowest BCUT2D eigenvalue weighted by molar-refractivity contribution is -0.116. The molecule has 1 amide bonds. The zero-order valence-corrected chi connectivity index (χ0v) is 14.4. The fraction of sp³-hybridized carbons (Fsp3) is 0.471. The van der Waals surface area contributed by atoms with Gasteiger partial charge in [0.25, 0.3) is 5.91 Å². The molecule has 4 nitrogen and oxygen atoms in total. The van der Waals surface area contributed by atoms with Crippen LogP contribution in [0.2, 0.25) is 0 Å². The molecule has 1 heterocycles. The Bertz CT molecular complexity index is 645. The van der Waals surface area contributed by atoms with Crippen molar-refractivity contribution < 1.29 is 14.6 Å². The Kier molecular flexibility index (Phi) is 4.03. The minimum atomic E-state index is -0.615. The zero-order chi connectivity index (χ0) is 15.9. The van der Waals surface area contributed by atoms with E-state index in [1.807, 2.05) is 25.1 Å². The summed E-state index contributed by atoms with van der Waals surface area (Å²) in [7, 11) is 1.71. The Morgan fingerprint density at radius 3 is 2.68 bits per heavy atom. The van der Waals surface area contributed by atoms with Crippen LogP contribution in [0.25, 0.3) is 5.57 Å². The predicted octanol–water partition coefficient (Wildman–Crippen LogP) is 3.48. The van der Waals surface area contributed by atoms with Gasteiger partial charge in [-0.2, -0.15) is 0 Å². The molecule has 1 aliphatic heterocycles. The maximum Gasteiger partial charge on any atom is 0.256 e. The van der Waals surface area contributed by atoms with Crippen molar-refractivity contribution in [3.05, 3.63) is 39.6 Å². The predicted molar refractivity (Wildman–Crippen MR) is 88.6 cm³/mol. The van der Waals surface area contributed by atoms with Gasteiger partial charge in [0, 0.05) is 11.6 Å². The Morgan fingerprint density at radius 2 is 2.05 bits per heavy atom. The third-order valence-corrected chi connectivity index (χ3v) is 5.35. The normalized spacial score (nSPS) is 28.3. The number of ether oxygens (including phenoxy) is 1. The van der Waals surface area contributed by atoms with Crippen LogP contribution >= 0.6 is 15.9 Å². The molecule has 1 aliphatic carbocycles. The van der Waals surface area contributed by atoms with E-state index in [0.29, 0.717) is 18.4 Å². The maximum absolute atomic E-state index is 12.5. The summed E-state index contributed by atoms with van der Waals surface area (Å²) in [4.78, 5) is 12.5. The minimum absolute atomic E-state index is 0.186. The van der Waals surface area contributed by atoms with Gasteiger partial charge < -0.3 is 15.2 Å². The summed E-state index contributed by atoms with van der Waals surface area (Å²) >= 11 is 3.44. The topological polar surface area (TPSA) is 58.6 Å². The first-order chi connectivity index (χ1) is 10.5. The van der Waals surface area contributed by atoms with Gasteiger partial charge in [-0.1, -0.05) is 22.0 Å². The van der Waals surface area contributed by atoms with E-state index < -0.39 is 5.54 Å². The summed E-state index contributed by atoms with van der Waals surface area (Å²) < 4.78 is 6.28. The molecule has 2 aliphatic rings. The lowest BCUT2D eigenvalue weighted by Gasteiger charge is -2.36. The molecule has 118 valence electrons. The van der Waals surface area contributed by atoms with Gasteiger partial charge in [-0.15, -0.1) is 0 Å². The molecule has 22 heavy (non-hydrogen) atoms. The molecule has 0 unspecified atom stereocenters. The van der Waals surface area contributed by atoms with E-state index in [1.54, 1.807) is 7.11 Å². The smallest absolute Gasteiger partial charge is 0.256 e. The molecule has 3 rings (SSSR count). The van der Waals surface area contributed by atoms with Crippen LogP contribution in [-0.2, 0) is 9.53 Å². The van der Waals surface area contributed by atoms with Crippen molar-refractivity contribution in [2.24, 2.45) is 0 Å². The number of amides is 1. The van der Waals surface area contributed by atoms with Crippen LogP contribution < -0.4 is 5.32 Å². The zero-order valence-electron chi connectivity index (χ0n) is 12.8. The van der Waals surface area contributed by atoms with E-state index in [1.165, 1.54) is 0 Å². The molecular formula is C17H20BrNO3. The van der Waals surface area contributed by atoms with Crippen molar-refractivity contribution in [1.29, 1.82) is 0 Å². The van der Waals surface area contributed by atoms with Gasteiger partial charge in [-0.3, -0.25) is 4.79 Å². The number of methoxy groups -OCH3 is 1. The number of aliphatic hydroxyl groups excluding tert-OH is 1. The van der Waals surface area contributed by atoms with Crippen LogP contribution in [0.3, 0.4) is 0 Å². The first-order valence-electron chi connectivity index (χ1n) is 7.52. The summed E-state index contributed by atoms with van der Waals surface area (Å²) in [5.41, 5.74) is 1.56. The summed E-state index contributed by atoms with van der Waals surface area (Å²) in [5.74, 6) is 0.00261. The van der Waals surface area contributed by atoms with Crippen LogP contribution in [-0.4, -0.2) is 29.8 Å². The highest BCUT2D eigenvalue weighted by Crippen LogP contribution is 2.42. The highest BCUT2D eigenvalue weighted by atomic mass is 79.9. The van der Waals surface area contributed by atoms with Gasteiger partial charge in [0.2, 0.25) is 0 Å². The number of carbonyl (C=O) groups excluding carboxylic acids is 1. The number of aliphatic hydroxyl groups is 1. The summed E-state index contributed by atoms with van der Waals surface area (Å²) in [6, 6.07) is 5.77. The van der Waals surface area contributed by atoms with Gasteiger partial charge in [0.15, 0.2) is 0 Å². The number of nitrogens with one attached hydrogen (secondary N) is 1. The van der Waals surface area contributed by atoms with Crippen LogP contribution in [0.5, 0.6) is 0 Å². The van der Waals surface area contributed by atoms with E-state index in [2.05, 4.69) is 21.2 Å². The molecule has 5 heteroatoms. The van der Waals surface area contributed by atoms with Crippen LogP contribution in [0.15, 0.2) is 28.4 Å². The number of halogens is 1. The second kappa shape index (κ2) is 5.70. The highest BCUT2D eigenvalue weighted by molar-refractivity contribution is 9.10. The fourth-order valence-electron chi connectivity index (χ4n) is 3.48. The SMILES string of the molecule is CO[C@H]1CC[C@@]2(CC1)NC(=O)C(c1cc(Br)ccc1C)=C2O. The number of hydrogen-bond donors (Lipinski definition) is 2. The van der Waals surface area contributed by atoms with Gasteiger partial charge in [-0.25, -0.2) is 0 Å². The lowest BCUT2D eigenvalue weighted by Crippen LogP contribution is -2.48. The van der Waals surface area contributed by atoms with Gasteiger partial charge in [-0.05, 0) is 55.9 Å². The molecule has 0 radical (unpaired) electrons. The first kappa shape index (κ1) is 15.6. The number of hydrogen-bond acceptors (Lipinski definition) is 3. The number of benzene rings is 1. The maximum atomic E-state index is 12.5. The molecule has 1 aromatic carbocycles. The molecule has 0 bridgehead atoms. The molecule has 1 saturated carbocycles. The first-order valence-corrected chi connectivity index (χ1v) is 8.32. The Balaban J connectivity index is 2.00. The van der Waals surface area contributed by atoms with Crippen molar-refractivity contribution in [2.45, 2.75) is 44.2 Å². The Hall–Kier alpha value is -1.33. The number of aryl methyl sites for hydroxylation is 1. The minimum Gasteiger partial charge on any atom is -0.509 e. The third kappa shape index (κ3) is 2.46. The third-order valence-electron chi connectivity index (χ3n) is 4.86. The lowest BCUT2D eigenvalue weighted by atomic mass is 9.79. The molecule has 0 aromatic heterocycles. The van der Waals surface area contributed by atoms with Gasteiger partial charge in [0.05, 0.1) is 17.2 Å². The molecular weight excluding hydrogens is 346 g/mol. The fourth-order valence-corrected chi connectivity index (χ4v) is 3.84.